The fraction of sp³-hybridized carbons (Fsp3) is 0.533. The Kier molecular flexibility index (Phi) is 5.55. The number of carbonyl (C=O) groups is 1. The van der Waals surface area contributed by atoms with Crippen LogP contribution in [-0.2, 0) is 14.8 Å². The van der Waals surface area contributed by atoms with Gasteiger partial charge in [-0.05, 0) is 36.6 Å². The van der Waals surface area contributed by atoms with Crippen molar-refractivity contribution in [3.63, 3.8) is 0 Å². The first-order chi connectivity index (χ1) is 10.5. The summed E-state index contributed by atoms with van der Waals surface area (Å²) in [5.41, 5.74) is 0.439. The lowest BCUT2D eigenvalue weighted by molar-refractivity contribution is 0.0963. The number of carbonyl (C=O) groups excluding carboxylic acids is 1. The molecule has 6 nitrogen and oxygen atoms in total. The van der Waals surface area contributed by atoms with Gasteiger partial charge >= 0.3 is 0 Å². The maximum Gasteiger partial charge on any atom is 0.251 e. The first-order valence-electron chi connectivity index (χ1n) is 7.39. The van der Waals surface area contributed by atoms with Crippen molar-refractivity contribution in [2.24, 2.45) is 5.92 Å². The quantitative estimate of drug-likeness (QED) is 0.849. The number of ether oxygens (including phenoxy) is 1. The average Bonchev–Trinajstić information content (AvgIpc) is 3.04. The predicted molar refractivity (Wildman–Crippen MR) is 83.2 cm³/mol. The highest BCUT2D eigenvalue weighted by Gasteiger charge is 2.27. The molecule has 1 amide bonds. The molecule has 0 aromatic heterocycles. The largest absolute Gasteiger partial charge is 0.381 e. The lowest BCUT2D eigenvalue weighted by Crippen LogP contribution is -2.35. The fourth-order valence-electron chi connectivity index (χ4n) is 2.48. The molecular formula is C15H22N2O4S. The molecule has 1 aliphatic rings. The van der Waals surface area contributed by atoms with Crippen molar-refractivity contribution < 1.29 is 17.9 Å². The highest BCUT2D eigenvalue weighted by Crippen LogP contribution is 2.21. The minimum Gasteiger partial charge on any atom is -0.381 e. The second kappa shape index (κ2) is 7.21. The minimum atomic E-state index is -3.54. The summed E-state index contributed by atoms with van der Waals surface area (Å²) in [6, 6.07) is 6.01. The van der Waals surface area contributed by atoms with Crippen LogP contribution in [-0.4, -0.2) is 52.0 Å². The van der Waals surface area contributed by atoms with E-state index in [0.717, 1.165) is 6.42 Å². The summed E-state index contributed by atoms with van der Waals surface area (Å²) in [7, 11) is -2.00. The summed E-state index contributed by atoms with van der Waals surface area (Å²) < 4.78 is 32.2. The van der Waals surface area contributed by atoms with Gasteiger partial charge in [-0.15, -0.1) is 0 Å². The minimum absolute atomic E-state index is 0.209. The number of hydrogen-bond donors (Lipinski definition) is 1. The maximum atomic E-state index is 12.7. The van der Waals surface area contributed by atoms with Crippen molar-refractivity contribution >= 4 is 15.9 Å². The zero-order chi connectivity index (χ0) is 16.2. The lowest BCUT2D eigenvalue weighted by atomic mass is 10.1. The molecule has 1 atom stereocenters. The Morgan fingerprint density at radius 3 is 2.55 bits per heavy atom. The molecule has 2 rings (SSSR count). The second-order valence-corrected chi connectivity index (χ2v) is 7.23. The average molecular weight is 326 g/mol. The van der Waals surface area contributed by atoms with E-state index in [2.05, 4.69) is 5.32 Å². The lowest BCUT2D eigenvalue weighted by Gasteiger charge is -2.23. The van der Waals surface area contributed by atoms with Gasteiger partial charge in [-0.3, -0.25) is 4.79 Å². The van der Waals surface area contributed by atoms with E-state index in [9.17, 15) is 13.2 Å². The van der Waals surface area contributed by atoms with Gasteiger partial charge < -0.3 is 10.1 Å². The van der Waals surface area contributed by atoms with Gasteiger partial charge in [-0.25, -0.2) is 8.42 Å². The number of hydrogen-bond acceptors (Lipinski definition) is 4. The van der Waals surface area contributed by atoms with Gasteiger partial charge in [0.1, 0.15) is 0 Å². The standard InChI is InChI=1S/C15H22N2O4S/c1-3-17(10-12-8-9-21-11-12)22(19,20)14-6-4-13(5-7-14)15(18)16-2/h4-7,12H,3,8-11H2,1-2H3,(H,16,18)/t12-/m1/s1. The van der Waals surface area contributed by atoms with E-state index < -0.39 is 10.0 Å². The summed E-state index contributed by atoms with van der Waals surface area (Å²) in [5.74, 6) is 0.0132. The molecular weight excluding hydrogens is 304 g/mol. The van der Waals surface area contributed by atoms with Crippen LogP contribution in [0.4, 0.5) is 0 Å². The molecule has 1 saturated heterocycles. The zero-order valence-electron chi connectivity index (χ0n) is 12.9. The third kappa shape index (κ3) is 3.66. The summed E-state index contributed by atoms with van der Waals surface area (Å²) >= 11 is 0. The van der Waals surface area contributed by atoms with Crippen LogP contribution in [0, 0.1) is 5.92 Å². The van der Waals surface area contributed by atoms with Crippen LogP contribution in [0.1, 0.15) is 23.7 Å². The van der Waals surface area contributed by atoms with E-state index >= 15 is 0 Å². The molecule has 0 radical (unpaired) electrons. The Hall–Kier alpha value is -1.44. The Bertz CT molecular complexity index is 607. The summed E-state index contributed by atoms with van der Waals surface area (Å²) in [4.78, 5) is 11.7. The summed E-state index contributed by atoms with van der Waals surface area (Å²) in [5, 5.41) is 2.51. The number of nitrogens with zero attached hydrogens (tertiary/aromatic N) is 1. The van der Waals surface area contributed by atoms with Gasteiger partial charge in [0.05, 0.1) is 11.5 Å². The zero-order valence-corrected chi connectivity index (χ0v) is 13.7. The Morgan fingerprint density at radius 2 is 2.05 bits per heavy atom. The monoisotopic (exact) mass is 326 g/mol. The molecule has 7 heteroatoms. The summed E-state index contributed by atoms with van der Waals surface area (Å²) in [6.45, 7) is 4.02. The van der Waals surface area contributed by atoms with Crippen LogP contribution >= 0.6 is 0 Å². The van der Waals surface area contributed by atoms with Crippen molar-refractivity contribution in [3.8, 4) is 0 Å². The van der Waals surface area contributed by atoms with Crippen LogP contribution in [0.15, 0.2) is 29.2 Å². The van der Waals surface area contributed by atoms with Crippen molar-refractivity contribution in [1.82, 2.24) is 9.62 Å². The topological polar surface area (TPSA) is 75.7 Å². The van der Waals surface area contributed by atoms with Crippen molar-refractivity contribution in [1.29, 1.82) is 0 Å². The van der Waals surface area contributed by atoms with Gasteiger partial charge in [0.25, 0.3) is 5.91 Å². The smallest absolute Gasteiger partial charge is 0.251 e. The van der Waals surface area contributed by atoms with E-state index in [-0.39, 0.29) is 16.7 Å². The molecule has 1 heterocycles. The highest BCUT2D eigenvalue weighted by molar-refractivity contribution is 7.89. The van der Waals surface area contributed by atoms with E-state index in [1.54, 1.807) is 0 Å². The second-order valence-electron chi connectivity index (χ2n) is 5.29. The fourth-order valence-corrected chi connectivity index (χ4v) is 4.01. The van der Waals surface area contributed by atoms with E-state index in [4.69, 9.17) is 4.74 Å². The van der Waals surface area contributed by atoms with Crippen LogP contribution < -0.4 is 5.32 Å². The molecule has 0 bridgehead atoms. The van der Waals surface area contributed by atoms with Crippen LogP contribution in [0.3, 0.4) is 0 Å². The van der Waals surface area contributed by atoms with Gasteiger partial charge in [-0.1, -0.05) is 6.92 Å². The maximum absolute atomic E-state index is 12.7. The molecule has 122 valence electrons. The molecule has 0 unspecified atom stereocenters. The number of nitrogens with one attached hydrogen (secondary N) is 1. The third-order valence-electron chi connectivity index (χ3n) is 3.82. The van der Waals surface area contributed by atoms with Crippen molar-refractivity contribution in [2.45, 2.75) is 18.2 Å². The first kappa shape index (κ1) is 16.9. The molecule has 1 fully saturated rings. The Labute approximate surface area is 131 Å². The molecule has 1 aromatic carbocycles. The van der Waals surface area contributed by atoms with Gasteiger partial charge in [0, 0.05) is 32.3 Å². The summed E-state index contributed by atoms with van der Waals surface area (Å²) in [6.07, 6.45) is 0.891. The molecule has 0 aliphatic carbocycles. The van der Waals surface area contributed by atoms with Gasteiger partial charge in [0.15, 0.2) is 0 Å². The van der Waals surface area contributed by atoms with E-state index in [1.807, 2.05) is 6.92 Å². The molecule has 22 heavy (non-hydrogen) atoms. The Morgan fingerprint density at radius 1 is 1.36 bits per heavy atom. The van der Waals surface area contributed by atoms with Crippen LogP contribution in [0.25, 0.3) is 0 Å². The SMILES string of the molecule is CCN(C[C@H]1CCOC1)S(=O)(=O)c1ccc(C(=O)NC)cc1. The Balaban J connectivity index is 2.18. The van der Waals surface area contributed by atoms with Gasteiger partial charge in [-0.2, -0.15) is 4.31 Å². The number of benzene rings is 1. The molecule has 1 N–H and O–H groups in total. The highest BCUT2D eigenvalue weighted by atomic mass is 32.2. The first-order valence-corrected chi connectivity index (χ1v) is 8.83. The number of amides is 1. The molecule has 1 aromatic rings. The molecule has 0 spiro atoms. The molecule has 1 aliphatic heterocycles. The van der Waals surface area contributed by atoms with E-state index in [0.29, 0.717) is 31.9 Å². The number of sulfonamides is 1. The van der Waals surface area contributed by atoms with Gasteiger partial charge in [0.2, 0.25) is 10.0 Å². The number of rotatable bonds is 6. The molecule has 0 saturated carbocycles. The van der Waals surface area contributed by atoms with Crippen molar-refractivity contribution in [2.75, 3.05) is 33.4 Å². The normalized spacial score (nSPS) is 18.6. The van der Waals surface area contributed by atoms with Crippen molar-refractivity contribution in [3.05, 3.63) is 29.8 Å². The third-order valence-corrected chi connectivity index (χ3v) is 5.77. The van der Waals surface area contributed by atoms with E-state index in [1.165, 1.54) is 35.6 Å². The predicted octanol–water partition coefficient (Wildman–Crippen LogP) is 1.09. The van der Waals surface area contributed by atoms with Crippen LogP contribution in [0.5, 0.6) is 0 Å². The van der Waals surface area contributed by atoms with Crippen LogP contribution in [0.2, 0.25) is 0 Å².